The Morgan fingerprint density at radius 3 is 2.65 bits per heavy atom. The fourth-order valence-electron chi connectivity index (χ4n) is 2.83. The molecule has 1 saturated heterocycles. The van der Waals surface area contributed by atoms with E-state index in [0.717, 1.165) is 6.07 Å². The molecule has 1 aliphatic heterocycles. The number of hydrogen-bond donors (Lipinski definition) is 5. The lowest BCUT2D eigenvalue weighted by Gasteiger charge is -2.34. The van der Waals surface area contributed by atoms with Crippen molar-refractivity contribution in [2.45, 2.75) is 6.04 Å². The third-order valence-corrected chi connectivity index (χ3v) is 4.23. The Hall–Kier alpha value is -3.19. The Labute approximate surface area is 154 Å². The fraction of sp³-hybridized carbons (Fsp3) is 0.111. The van der Waals surface area contributed by atoms with E-state index in [9.17, 15) is 19.8 Å². The summed E-state index contributed by atoms with van der Waals surface area (Å²) in [5, 5.41) is 27.9. The Bertz CT molecular complexity index is 900. The molecular weight excluding hydrogens is 358 g/mol. The molecular formula is C18H16ClN3O4. The fourth-order valence-corrected chi connectivity index (χ4v) is 3.02. The molecule has 2 atom stereocenters. The summed E-state index contributed by atoms with van der Waals surface area (Å²) < 4.78 is 0. The predicted octanol–water partition coefficient (Wildman–Crippen LogP) is 2.87. The topological polar surface area (TPSA) is 111 Å². The van der Waals surface area contributed by atoms with Gasteiger partial charge in [-0.2, -0.15) is 0 Å². The van der Waals surface area contributed by atoms with Crippen molar-refractivity contribution in [3.8, 4) is 11.5 Å². The monoisotopic (exact) mass is 373 g/mol. The van der Waals surface area contributed by atoms with Crippen LogP contribution in [0.3, 0.4) is 0 Å². The number of halogens is 1. The normalized spacial score (nSPS) is 19.4. The third kappa shape index (κ3) is 3.57. The molecule has 0 aromatic heterocycles. The lowest BCUT2D eigenvalue weighted by atomic mass is 9.87. The van der Waals surface area contributed by atoms with E-state index in [1.54, 1.807) is 24.3 Å². The van der Waals surface area contributed by atoms with E-state index in [0.29, 0.717) is 10.7 Å². The van der Waals surface area contributed by atoms with Gasteiger partial charge < -0.3 is 26.2 Å². The molecule has 7 nitrogen and oxygen atoms in total. The first kappa shape index (κ1) is 17.6. The van der Waals surface area contributed by atoms with Crippen molar-refractivity contribution in [3.05, 3.63) is 65.3 Å². The Morgan fingerprint density at radius 1 is 1.19 bits per heavy atom. The lowest BCUT2D eigenvalue weighted by Crippen LogP contribution is -2.51. The van der Waals surface area contributed by atoms with Crippen LogP contribution in [0.5, 0.6) is 11.5 Å². The van der Waals surface area contributed by atoms with Crippen molar-refractivity contribution in [2.24, 2.45) is 5.92 Å². The van der Waals surface area contributed by atoms with E-state index in [-0.39, 0.29) is 22.8 Å². The molecule has 0 bridgehead atoms. The molecule has 2 aromatic rings. The van der Waals surface area contributed by atoms with Gasteiger partial charge >= 0.3 is 6.03 Å². The molecule has 0 spiro atoms. The van der Waals surface area contributed by atoms with Crippen molar-refractivity contribution in [3.63, 3.8) is 0 Å². The predicted molar refractivity (Wildman–Crippen MR) is 96.9 cm³/mol. The maximum Gasteiger partial charge on any atom is 0.319 e. The van der Waals surface area contributed by atoms with E-state index < -0.39 is 23.9 Å². The molecule has 8 heteroatoms. The minimum Gasteiger partial charge on any atom is -0.508 e. The van der Waals surface area contributed by atoms with Gasteiger partial charge in [0.05, 0.1) is 6.04 Å². The SMILES string of the molecule is C=C1NC(=O)N[C@H](c2ccc(O)cc2O)[C@H]1C(=O)Nc1cccc(Cl)c1. The van der Waals surface area contributed by atoms with Crippen molar-refractivity contribution in [1.82, 2.24) is 10.6 Å². The number of benzene rings is 2. The average molecular weight is 374 g/mol. The molecule has 0 unspecified atom stereocenters. The number of phenolic OH excluding ortho intramolecular Hbond substituents is 2. The number of amides is 3. The van der Waals surface area contributed by atoms with Gasteiger partial charge in [-0.1, -0.05) is 24.2 Å². The second kappa shape index (κ2) is 6.97. The minimum absolute atomic E-state index is 0.134. The maximum atomic E-state index is 12.8. The van der Waals surface area contributed by atoms with E-state index in [2.05, 4.69) is 22.5 Å². The molecule has 3 rings (SSSR count). The van der Waals surface area contributed by atoms with Crippen LogP contribution in [0.15, 0.2) is 54.7 Å². The van der Waals surface area contributed by atoms with Crippen LogP contribution in [-0.4, -0.2) is 22.2 Å². The zero-order chi connectivity index (χ0) is 18.8. The highest BCUT2D eigenvalue weighted by Crippen LogP contribution is 2.36. The van der Waals surface area contributed by atoms with Crippen LogP contribution in [-0.2, 0) is 4.79 Å². The van der Waals surface area contributed by atoms with Crippen molar-refractivity contribution in [1.29, 1.82) is 0 Å². The van der Waals surface area contributed by atoms with Crippen LogP contribution in [0, 0.1) is 5.92 Å². The number of nitrogens with one attached hydrogen (secondary N) is 3. The van der Waals surface area contributed by atoms with Crippen LogP contribution in [0.4, 0.5) is 10.5 Å². The van der Waals surface area contributed by atoms with Crippen LogP contribution in [0.2, 0.25) is 5.02 Å². The highest BCUT2D eigenvalue weighted by Gasteiger charge is 2.39. The zero-order valence-electron chi connectivity index (χ0n) is 13.5. The summed E-state index contributed by atoms with van der Waals surface area (Å²) in [5.74, 6) is -1.72. The van der Waals surface area contributed by atoms with Gasteiger partial charge in [-0.05, 0) is 30.3 Å². The molecule has 5 N–H and O–H groups in total. The average Bonchev–Trinajstić information content (AvgIpc) is 2.53. The van der Waals surface area contributed by atoms with Crippen LogP contribution >= 0.6 is 11.6 Å². The number of hydrogen-bond acceptors (Lipinski definition) is 4. The smallest absolute Gasteiger partial charge is 0.319 e. The molecule has 1 heterocycles. The highest BCUT2D eigenvalue weighted by atomic mass is 35.5. The van der Waals surface area contributed by atoms with Crippen LogP contribution in [0.25, 0.3) is 0 Å². The summed E-state index contributed by atoms with van der Waals surface area (Å²) in [7, 11) is 0. The molecule has 0 saturated carbocycles. The molecule has 134 valence electrons. The van der Waals surface area contributed by atoms with E-state index in [4.69, 9.17) is 11.6 Å². The second-order valence-electron chi connectivity index (χ2n) is 5.82. The summed E-state index contributed by atoms with van der Waals surface area (Å²) in [4.78, 5) is 24.7. The molecule has 1 fully saturated rings. The van der Waals surface area contributed by atoms with Gasteiger partial charge in [-0.15, -0.1) is 0 Å². The number of carbonyl (C=O) groups excluding carboxylic acids is 2. The summed E-state index contributed by atoms with van der Waals surface area (Å²) in [6, 6.07) is 9.16. The Kier molecular flexibility index (Phi) is 4.73. The molecule has 0 radical (unpaired) electrons. The highest BCUT2D eigenvalue weighted by molar-refractivity contribution is 6.30. The third-order valence-electron chi connectivity index (χ3n) is 3.99. The number of carbonyl (C=O) groups is 2. The second-order valence-corrected chi connectivity index (χ2v) is 6.26. The first-order chi connectivity index (χ1) is 12.3. The number of phenols is 2. The molecule has 3 amide bonds. The van der Waals surface area contributed by atoms with Crippen LogP contribution < -0.4 is 16.0 Å². The Balaban J connectivity index is 1.93. The largest absolute Gasteiger partial charge is 0.508 e. The molecule has 2 aromatic carbocycles. The lowest BCUT2D eigenvalue weighted by molar-refractivity contribution is -0.119. The van der Waals surface area contributed by atoms with Crippen molar-refractivity contribution >= 4 is 29.2 Å². The van der Waals surface area contributed by atoms with Gasteiger partial charge in [0.1, 0.15) is 17.4 Å². The standard InChI is InChI=1S/C18H16ClN3O4/c1-9-15(17(25)21-11-4-2-3-10(19)7-11)16(22-18(26)20-9)13-6-5-12(23)8-14(13)24/h2-8,15-16,23-24H,1H2,(H,21,25)(H2,20,22,26)/t15-,16+/m0/s1. The number of rotatable bonds is 3. The van der Waals surface area contributed by atoms with Crippen molar-refractivity contribution < 1.29 is 19.8 Å². The van der Waals surface area contributed by atoms with E-state index >= 15 is 0 Å². The maximum absolute atomic E-state index is 12.8. The minimum atomic E-state index is -0.901. The quantitative estimate of drug-likeness (QED) is 0.569. The van der Waals surface area contributed by atoms with Gasteiger partial charge in [0, 0.05) is 28.0 Å². The van der Waals surface area contributed by atoms with Gasteiger partial charge in [0.25, 0.3) is 0 Å². The van der Waals surface area contributed by atoms with Crippen LogP contribution in [0.1, 0.15) is 11.6 Å². The summed E-state index contributed by atoms with van der Waals surface area (Å²) in [6.45, 7) is 3.76. The van der Waals surface area contributed by atoms with Crippen molar-refractivity contribution in [2.75, 3.05) is 5.32 Å². The van der Waals surface area contributed by atoms with Gasteiger partial charge in [-0.3, -0.25) is 4.79 Å². The molecule has 1 aliphatic rings. The first-order valence-electron chi connectivity index (χ1n) is 7.70. The molecule has 26 heavy (non-hydrogen) atoms. The number of anilines is 1. The Morgan fingerprint density at radius 2 is 1.96 bits per heavy atom. The van der Waals surface area contributed by atoms with Gasteiger partial charge in [-0.25, -0.2) is 4.79 Å². The van der Waals surface area contributed by atoms with E-state index in [1.807, 2.05) is 0 Å². The van der Waals surface area contributed by atoms with Gasteiger partial charge in [0.2, 0.25) is 5.91 Å². The number of urea groups is 1. The van der Waals surface area contributed by atoms with E-state index in [1.165, 1.54) is 12.1 Å². The summed E-state index contributed by atoms with van der Waals surface area (Å²) in [6.07, 6.45) is 0. The number of aromatic hydroxyl groups is 2. The summed E-state index contributed by atoms with van der Waals surface area (Å²) >= 11 is 5.93. The summed E-state index contributed by atoms with van der Waals surface area (Å²) in [5.41, 5.74) is 0.955. The van der Waals surface area contributed by atoms with Gasteiger partial charge in [0.15, 0.2) is 0 Å². The zero-order valence-corrected chi connectivity index (χ0v) is 14.2. The molecule has 0 aliphatic carbocycles. The first-order valence-corrected chi connectivity index (χ1v) is 8.07.